The SMILES string of the molecule is CSCCC(N)C(=O)NCc1ccccc1CN(C)C(C)C. The lowest BCUT2D eigenvalue weighted by molar-refractivity contribution is -0.122. The van der Waals surface area contributed by atoms with Crippen molar-refractivity contribution in [2.75, 3.05) is 19.1 Å². The summed E-state index contributed by atoms with van der Waals surface area (Å²) in [7, 11) is 2.11. The van der Waals surface area contributed by atoms with E-state index in [9.17, 15) is 4.79 Å². The van der Waals surface area contributed by atoms with E-state index in [0.29, 0.717) is 19.0 Å². The highest BCUT2D eigenvalue weighted by Gasteiger charge is 2.13. The Balaban J connectivity index is 2.60. The van der Waals surface area contributed by atoms with Crippen molar-refractivity contribution in [1.82, 2.24) is 10.2 Å². The predicted octanol–water partition coefficient (Wildman–Crippen LogP) is 2.22. The molecule has 4 nitrogen and oxygen atoms in total. The summed E-state index contributed by atoms with van der Waals surface area (Å²) in [6, 6.07) is 8.30. The molecule has 0 fully saturated rings. The van der Waals surface area contributed by atoms with Crippen LogP contribution in [0.25, 0.3) is 0 Å². The van der Waals surface area contributed by atoms with Gasteiger partial charge in [0.1, 0.15) is 0 Å². The number of thioether (sulfide) groups is 1. The average molecular weight is 324 g/mol. The first-order valence-electron chi connectivity index (χ1n) is 7.75. The Kier molecular flexibility index (Phi) is 8.53. The number of nitrogens with zero attached hydrogens (tertiary/aromatic N) is 1. The van der Waals surface area contributed by atoms with Crippen LogP contribution in [0.2, 0.25) is 0 Å². The molecule has 0 aliphatic rings. The summed E-state index contributed by atoms with van der Waals surface area (Å²) < 4.78 is 0. The number of benzene rings is 1. The Bertz CT molecular complexity index is 465. The van der Waals surface area contributed by atoms with Gasteiger partial charge in [-0.05, 0) is 50.5 Å². The van der Waals surface area contributed by atoms with Crippen molar-refractivity contribution >= 4 is 17.7 Å². The molecule has 1 unspecified atom stereocenters. The number of nitrogens with one attached hydrogen (secondary N) is 1. The standard InChI is InChI=1S/C17H29N3OS/c1-13(2)20(3)12-15-8-6-5-7-14(15)11-19-17(21)16(18)9-10-22-4/h5-8,13,16H,9-12,18H2,1-4H3,(H,19,21). The van der Waals surface area contributed by atoms with Gasteiger partial charge in [0.2, 0.25) is 5.91 Å². The van der Waals surface area contributed by atoms with Crippen LogP contribution >= 0.6 is 11.8 Å². The summed E-state index contributed by atoms with van der Waals surface area (Å²) in [5.41, 5.74) is 8.29. The fourth-order valence-corrected chi connectivity index (χ4v) is 2.51. The molecule has 0 aliphatic heterocycles. The van der Waals surface area contributed by atoms with E-state index < -0.39 is 6.04 Å². The summed E-state index contributed by atoms with van der Waals surface area (Å²) in [6.07, 6.45) is 2.73. The molecule has 0 aromatic heterocycles. The first kappa shape index (κ1) is 19.0. The Morgan fingerprint density at radius 1 is 1.32 bits per heavy atom. The van der Waals surface area contributed by atoms with Crippen LogP contribution in [0.3, 0.4) is 0 Å². The predicted molar refractivity (Wildman–Crippen MR) is 95.9 cm³/mol. The number of hydrogen-bond donors (Lipinski definition) is 2. The van der Waals surface area contributed by atoms with Crippen LogP contribution < -0.4 is 11.1 Å². The highest BCUT2D eigenvalue weighted by molar-refractivity contribution is 7.98. The maximum Gasteiger partial charge on any atom is 0.237 e. The molecule has 1 aromatic carbocycles. The van der Waals surface area contributed by atoms with Crippen molar-refractivity contribution in [2.24, 2.45) is 5.73 Å². The van der Waals surface area contributed by atoms with Crippen LogP contribution in [-0.4, -0.2) is 41.9 Å². The minimum Gasteiger partial charge on any atom is -0.351 e. The largest absolute Gasteiger partial charge is 0.351 e. The zero-order valence-corrected chi connectivity index (χ0v) is 15.0. The highest BCUT2D eigenvalue weighted by Crippen LogP contribution is 2.12. The Morgan fingerprint density at radius 2 is 1.95 bits per heavy atom. The molecule has 0 aliphatic carbocycles. The zero-order valence-electron chi connectivity index (χ0n) is 14.1. The molecular formula is C17H29N3OS. The van der Waals surface area contributed by atoms with E-state index >= 15 is 0 Å². The van der Waals surface area contributed by atoms with Gasteiger partial charge in [-0.2, -0.15) is 11.8 Å². The molecular weight excluding hydrogens is 294 g/mol. The number of amides is 1. The lowest BCUT2D eigenvalue weighted by Crippen LogP contribution is -2.40. The first-order chi connectivity index (χ1) is 10.5. The van der Waals surface area contributed by atoms with E-state index in [2.05, 4.69) is 43.2 Å². The van der Waals surface area contributed by atoms with Gasteiger partial charge < -0.3 is 11.1 Å². The summed E-state index contributed by atoms with van der Waals surface area (Å²) in [4.78, 5) is 14.3. The van der Waals surface area contributed by atoms with E-state index in [1.54, 1.807) is 11.8 Å². The maximum absolute atomic E-state index is 12.0. The smallest absolute Gasteiger partial charge is 0.237 e. The molecule has 0 radical (unpaired) electrons. The van der Waals surface area contributed by atoms with Gasteiger partial charge in [0.25, 0.3) is 0 Å². The number of carbonyl (C=O) groups is 1. The Morgan fingerprint density at radius 3 is 2.55 bits per heavy atom. The summed E-state index contributed by atoms with van der Waals surface area (Å²) >= 11 is 1.71. The molecule has 3 N–H and O–H groups in total. The van der Waals surface area contributed by atoms with Crippen LogP contribution in [0.1, 0.15) is 31.4 Å². The quantitative estimate of drug-likeness (QED) is 0.732. The van der Waals surface area contributed by atoms with Gasteiger partial charge >= 0.3 is 0 Å². The second kappa shape index (κ2) is 9.87. The van der Waals surface area contributed by atoms with E-state index in [0.717, 1.165) is 17.9 Å². The lowest BCUT2D eigenvalue weighted by Gasteiger charge is -2.22. The molecule has 1 amide bonds. The maximum atomic E-state index is 12.0. The Hall–Kier alpha value is -1.04. The monoisotopic (exact) mass is 323 g/mol. The molecule has 0 saturated carbocycles. The third kappa shape index (κ3) is 6.38. The molecule has 1 rings (SSSR count). The molecule has 0 saturated heterocycles. The summed E-state index contributed by atoms with van der Waals surface area (Å²) in [5.74, 6) is 0.839. The third-order valence-corrected chi connectivity index (χ3v) is 4.49. The normalized spacial score (nSPS) is 12.7. The number of hydrogen-bond acceptors (Lipinski definition) is 4. The van der Waals surface area contributed by atoms with Crippen molar-refractivity contribution in [1.29, 1.82) is 0 Å². The van der Waals surface area contributed by atoms with E-state index in [1.165, 1.54) is 5.56 Å². The van der Waals surface area contributed by atoms with E-state index in [4.69, 9.17) is 5.73 Å². The van der Waals surface area contributed by atoms with Crippen LogP contribution in [0.4, 0.5) is 0 Å². The lowest BCUT2D eigenvalue weighted by atomic mass is 10.1. The molecule has 124 valence electrons. The zero-order chi connectivity index (χ0) is 16.5. The number of rotatable bonds is 9. The van der Waals surface area contributed by atoms with Crippen molar-refractivity contribution in [3.05, 3.63) is 35.4 Å². The van der Waals surface area contributed by atoms with Crippen LogP contribution in [0.5, 0.6) is 0 Å². The first-order valence-corrected chi connectivity index (χ1v) is 9.14. The van der Waals surface area contributed by atoms with Crippen molar-refractivity contribution < 1.29 is 4.79 Å². The highest BCUT2D eigenvalue weighted by atomic mass is 32.2. The topological polar surface area (TPSA) is 58.4 Å². The van der Waals surface area contributed by atoms with E-state index in [-0.39, 0.29) is 5.91 Å². The molecule has 22 heavy (non-hydrogen) atoms. The van der Waals surface area contributed by atoms with Gasteiger partial charge in [0.15, 0.2) is 0 Å². The second-order valence-corrected chi connectivity index (χ2v) is 6.87. The van der Waals surface area contributed by atoms with Gasteiger partial charge in [0.05, 0.1) is 6.04 Å². The minimum atomic E-state index is -0.419. The fourth-order valence-electron chi connectivity index (χ4n) is 2.02. The summed E-state index contributed by atoms with van der Waals surface area (Å²) in [5, 5.41) is 2.96. The van der Waals surface area contributed by atoms with Gasteiger partial charge in [-0.3, -0.25) is 9.69 Å². The van der Waals surface area contributed by atoms with Gasteiger partial charge in [-0.1, -0.05) is 24.3 Å². The molecule has 0 heterocycles. The van der Waals surface area contributed by atoms with E-state index in [1.807, 2.05) is 18.4 Å². The minimum absolute atomic E-state index is 0.0685. The van der Waals surface area contributed by atoms with Crippen molar-refractivity contribution in [3.63, 3.8) is 0 Å². The second-order valence-electron chi connectivity index (χ2n) is 5.88. The third-order valence-electron chi connectivity index (χ3n) is 3.84. The molecule has 1 atom stereocenters. The van der Waals surface area contributed by atoms with Crippen LogP contribution in [0, 0.1) is 0 Å². The van der Waals surface area contributed by atoms with Gasteiger partial charge in [-0.15, -0.1) is 0 Å². The average Bonchev–Trinajstić information content (AvgIpc) is 2.51. The van der Waals surface area contributed by atoms with Crippen LogP contribution in [-0.2, 0) is 17.9 Å². The molecule has 1 aromatic rings. The van der Waals surface area contributed by atoms with Crippen molar-refractivity contribution in [3.8, 4) is 0 Å². The van der Waals surface area contributed by atoms with Gasteiger partial charge in [-0.25, -0.2) is 0 Å². The molecule has 5 heteroatoms. The molecule has 0 spiro atoms. The van der Waals surface area contributed by atoms with Gasteiger partial charge in [0, 0.05) is 19.1 Å². The van der Waals surface area contributed by atoms with Crippen LogP contribution in [0.15, 0.2) is 24.3 Å². The van der Waals surface area contributed by atoms with Crippen molar-refractivity contribution in [2.45, 2.75) is 45.4 Å². The summed E-state index contributed by atoms with van der Waals surface area (Å²) in [6.45, 7) is 5.76. The fraction of sp³-hybridized carbons (Fsp3) is 0.588. The molecule has 0 bridgehead atoms. The Labute approximate surface area is 138 Å². The number of carbonyl (C=O) groups excluding carboxylic acids is 1. The number of nitrogens with two attached hydrogens (primary N) is 1.